The molecule has 2 aromatic rings. The quantitative estimate of drug-likeness (QED) is 0.892. The molecule has 3 nitrogen and oxygen atoms in total. The Bertz CT molecular complexity index is 565. The topological polar surface area (TPSA) is 55.5 Å². The molecular weight excluding hydrogens is 293 g/mol. The fourth-order valence-electron chi connectivity index (χ4n) is 2.09. The number of benzene rings is 2. The summed E-state index contributed by atoms with van der Waals surface area (Å²) in [6, 6.07) is 13.4. The summed E-state index contributed by atoms with van der Waals surface area (Å²) in [6.07, 6.45) is -0.347. The molecular formula is C16H19ClFNO2. The van der Waals surface area contributed by atoms with E-state index in [-0.39, 0.29) is 18.2 Å². The third-order valence-corrected chi connectivity index (χ3v) is 3.26. The lowest BCUT2D eigenvalue weighted by atomic mass is 9.97. The second-order valence-electron chi connectivity index (χ2n) is 4.68. The van der Waals surface area contributed by atoms with Crippen LogP contribution in [0.3, 0.4) is 0 Å². The predicted molar refractivity (Wildman–Crippen MR) is 83.3 cm³/mol. The van der Waals surface area contributed by atoms with Gasteiger partial charge in [0.1, 0.15) is 0 Å². The number of halogens is 2. The van der Waals surface area contributed by atoms with Gasteiger partial charge in [-0.1, -0.05) is 36.4 Å². The second kappa shape index (κ2) is 7.98. The first-order chi connectivity index (χ1) is 9.61. The van der Waals surface area contributed by atoms with Crippen molar-refractivity contribution in [2.75, 3.05) is 7.11 Å². The Morgan fingerprint density at radius 1 is 1.19 bits per heavy atom. The zero-order chi connectivity index (χ0) is 14.5. The largest absolute Gasteiger partial charge is 0.494 e. The summed E-state index contributed by atoms with van der Waals surface area (Å²) in [6.45, 7) is 0. The summed E-state index contributed by atoms with van der Waals surface area (Å²) < 4.78 is 18.5. The molecule has 0 heterocycles. The van der Waals surface area contributed by atoms with E-state index >= 15 is 0 Å². The zero-order valence-corrected chi connectivity index (χ0v) is 12.5. The van der Waals surface area contributed by atoms with Gasteiger partial charge in [-0.2, -0.15) is 0 Å². The SMILES string of the molecule is COc1ccc([C@H](N)[C@H](O)Cc2ccccc2)cc1F.Cl. The summed E-state index contributed by atoms with van der Waals surface area (Å²) in [7, 11) is 1.41. The zero-order valence-electron chi connectivity index (χ0n) is 11.7. The number of ether oxygens (including phenoxy) is 1. The van der Waals surface area contributed by atoms with E-state index in [4.69, 9.17) is 10.5 Å². The van der Waals surface area contributed by atoms with Crippen LogP contribution < -0.4 is 10.5 Å². The van der Waals surface area contributed by atoms with E-state index in [2.05, 4.69) is 0 Å². The molecule has 21 heavy (non-hydrogen) atoms. The van der Waals surface area contributed by atoms with Crippen molar-refractivity contribution in [3.8, 4) is 5.75 Å². The highest BCUT2D eigenvalue weighted by Gasteiger charge is 2.18. The molecule has 0 amide bonds. The first kappa shape index (κ1) is 17.4. The Morgan fingerprint density at radius 3 is 2.43 bits per heavy atom. The number of aliphatic hydroxyl groups is 1. The molecule has 0 radical (unpaired) electrons. The normalized spacial score (nSPS) is 13.1. The summed E-state index contributed by atoms with van der Waals surface area (Å²) in [5.74, 6) is -0.314. The van der Waals surface area contributed by atoms with Gasteiger partial charge in [-0.3, -0.25) is 0 Å². The number of aliphatic hydroxyl groups excluding tert-OH is 1. The van der Waals surface area contributed by atoms with E-state index in [1.165, 1.54) is 19.2 Å². The van der Waals surface area contributed by atoms with Gasteiger partial charge in [-0.05, 0) is 23.3 Å². The van der Waals surface area contributed by atoms with E-state index in [1.54, 1.807) is 6.07 Å². The molecule has 5 heteroatoms. The molecule has 0 aromatic heterocycles. The van der Waals surface area contributed by atoms with E-state index in [0.717, 1.165) is 5.56 Å². The molecule has 0 unspecified atom stereocenters. The van der Waals surface area contributed by atoms with Crippen molar-refractivity contribution in [2.45, 2.75) is 18.6 Å². The van der Waals surface area contributed by atoms with Crippen LogP contribution in [0.5, 0.6) is 5.75 Å². The maximum Gasteiger partial charge on any atom is 0.165 e. The van der Waals surface area contributed by atoms with Crippen LogP contribution >= 0.6 is 12.4 Å². The average Bonchev–Trinajstić information content (AvgIpc) is 2.47. The lowest BCUT2D eigenvalue weighted by Crippen LogP contribution is -2.28. The van der Waals surface area contributed by atoms with Crippen molar-refractivity contribution >= 4 is 12.4 Å². The van der Waals surface area contributed by atoms with Crippen LogP contribution in [-0.4, -0.2) is 18.3 Å². The molecule has 0 aliphatic rings. The van der Waals surface area contributed by atoms with Gasteiger partial charge in [-0.25, -0.2) is 4.39 Å². The van der Waals surface area contributed by atoms with Gasteiger partial charge in [-0.15, -0.1) is 12.4 Å². The molecule has 0 saturated heterocycles. The summed E-state index contributed by atoms with van der Waals surface area (Å²) in [4.78, 5) is 0. The molecule has 2 aromatic carbocycles. The molecule has 114 valence electrons. The third-order valence-electron chi connectivity index (χ3n) is 3.26. The third kappa shape index (κ3) is 4.43. The summed E-state index contributed by atoms with van der Waals surface area (Å²) >= 11 is 0. The van der Waals surface area contributed by atoms with Crippen LogP contribution in [0.1, 0.15) is 17.2 Å². The minimum absolute atomic E-state index is 0. The maximum absolute atomic E-state index is 13.6. The highest BCUT2D eigenvalue weighted by molar-refractivity contribution is 5.85. The number of rotatable bonds is 5. The Labute approximate surface area is 130 Å². The molecule has 0 spiro atoms. The van der Waals surface area contributed by atoms with Crippen molar-refractivity contribution in [2.24, 2.45) is 5.73 Å². The maximum atomic E-state index is 13.6. The lowest BCUT2D eigenvalue weighted by Gasteiger charge is -2.19. The molecule has 0 saturated carbocycles. The van der Waals surface area contributed by atoms with Crippen molar-refractivity contribution in [1.82, 2.24) is 0 Å². The van der Waals surface area contributed by atoms with Gasteiger partial charge in [0.15, 0.2) is 11.6 Å². The highest BCUT2D eigenvalue weighted by Crippen LogP contribution is 2.23. The van der Waals surface area contributed by atoms with Crippen LogP contribution in [0.25, 0.3) is 0 Å². The van der Waals surface area contributed by atoms with Crippen LogP contribution in [0.4, 0.5) is 4.39 Å². The molecule has 3 N–H and O–H groups in total. The van der Waals surface area contributed by atoms with E-state index in [0.29, 0.717) is 12.0 Å². The standard InChI is InChI=1S/C16H18FNO2.ClH/c1-20-15-8-7-12(10-13(15)17)16(18)14(19)9-11-5-3-2-4-6-11;/h2-8,10,14,16,19H,9,18H2,1H3;1H/t14-,16+;/m1./s1. The molecule has 0 bridgehead atoms. The van der Waals surface area contributed by atoms with E-state index < -0.39 is 18.0 Å². The van der Waals surface area contributed by atoms with Gasteiger partial charge >= 0.3 is 0 Å². The average molecular weight is 312 g/mol. The van der Waals surface area contributed by atoms with Gasteiger partial charge < -0.3 is 15.6 Å². The van der Waals surface area contributed by atoms with Crippen molar-refractivity contribution < 1.29 is 14.2 Å². The van der Waals surface area contributed by atoms with Crippen molar-refractivity contribution in [3.63, 3.8) is 0 Å². The van der Waals surface area contributed by atoms with Crippen molar-refractivity contribution in [1.29, 1.82) is 0 Å². The highest BCUT2D eigenvalue weighted by atomic mass is 35.5. The smallest absolute Gasteiger partial charge is 0.165 e. The minimum Gasteiger partial charge on any atom is -0.494 e. The Hall–Kier alpha value is -1.62. The predicted octanol–water partition coefficient (Wildman–Crippen LogP) is 2.86. The number of nitrogens with two attached hydrogens (primary N) is 1. The molecule has 0 fully saturated rings. The number of hydrogen-bond acceptors (Lipinski definition) is 3. The second-order valence-corrected chi connectivity index (χ2v) is 4.68. The van der Waals surface area contributed by atoms with Gasteiger partial charge in [0, 0.05) is 6.42 Å². The lowest BCUT2D eigenvalue weighted by molar-refractivity contribution is 0.145. The first-order valence-electron chi connectivity index (χ1n) is 6.43. The van der Waals surface area contributed by atoms with Crippen LogP contribution in [0.15, 0.2) is 48.5 Å². The van der Waals surface area contributed by atoms with Gasteiger partial charge in [0.05, 0.1) is 19.3 Å². The van der Waals surface area contributed by atoms with Gasteiger partial charge in [0.25, 0.3) is 0 Å². The van der Waals surface area contributed by atoms with Crippen LogP contribution in [-0.2, 0) is 6.42 Å². The molecule has 0 aliphatic carbocycles. The summed E-state index contributed by atoms with van der Waals surface area (Å²) in [5.41, 5.74) is 7.53. The van der Waals surface area contributed by atoms with Crippen LogP contribution in [0.2, 0.25) is 0 Å². The van der Waals surface area contributed by atoms with Gasteiger partial charge in [0.2, 0.25) is 0 Å². The Kier molecular flexibility index (Phi) is 6.62. The van der Waals surface area contributed by atoms with Crippen molar-refractivity contribution in [3.05, 3.63) is 65.5 Å². The minimum atomic E-state index is -0.773. The van der Waals surface area contributed by atoms with E-state index in [1.807, 2.05) is 30.3 Å². The fraction of sp³-hybridized carbons (Fsp3) is 0.250. The van der Waals surface area contributed by atoms with E-state index in [9.17, 15) is 9.50 Å². The molecule has 2 rings (SSSR count). The number of methoxy groups -OCH3 is 1. The molecule has 2 atom stereocenters. The monoisotopic (exact) mass is 311 g/mol. The Balaban J connectivity index is 0.00000220. The fourth-order valence-corrected chi connectivity index (χ4v) is 2.09. The summed E-state index contributed by atoms with van der Waals surface area (Å²) in [5, 5.41) is 10.2. The first-order valence-corrected chi connectivity index (χ1v) is 6.43. The molecule has 0 aliphatic heterocycles. The van der Waals surface area contributed by atoms with Crippen LogP contribution in [0, 0.1) is 5.82 Å². The Morgan fingerprint density at radius 2 is 1.86 bits per heavy atom. The number of hydrogen-bond donors (Lipinski definition) is 2.